The summed E-state index contributed by atoms with van der Waals surface area (Å²) in [6, 6.07) is 7.10. The van der Waals surface area contributed by atoms with E-state index in [1.54, 1.807) is 0 Å². The number of imide groups is 1. The Morgan fingerprint density at radius 1 is 0.829 bits per heavy atom. The highest BCUT2D eigenvalue weighted by molar-refractivity contribution is 6.22. The number of rotatable bonds is 8. The standard InChI is InChI=1S/C26H27NO8/c1-32-21-12-16(13-22(33-2)23(21)34-3)20(28)14-35-26(31)15-9-10-18-19(11-15)25(30)27(24(18)29)17-7-5-4-6-8-17/h9-13,17H,4-8,14H2,1-3H3. The van der Waals surface area contributed by atoms with E-state index in [9.17, 15) is 19.2 Å². The number of hydrogen-bond donors (Lipinski definition) is 0. The summed E-state index contributed by atoms with van der Waals surface area (Å²) in [5.41, 5.74) is 0.773. The molecule has 0 spiro atoms. The monoisotopic (exact) mass is 481 g/mol. The molecule has 0 N–H and O–H groups in total. The second-order valence-corrected chi connectivity index (χ2v) is 8.45. The van der Waals surface area contributed by atoms with Crippen molar-refractivity contribution in [3.05, 3.63) is 52.6 Å². The zero-order valence-electron chi connectivity index (χ0n) is 19.9. The second-order valence-electron chi connectivity index (χ2n) is 8.45. The number of fused-ring (bicyclic) bond motifs is 1. The second kappa shape index (κ2) is 10.2. The van der Waals surface area contributed by atoms with Gasteiger partial charge in [-0.15, -0.1) is 0 Å². The van der Waals surface area contributed by atoms with Gasteiger partial charge >= 0.3 is 5.97 Å². The average Bonchev–Trinajstić information content (AvgIpc) is 3.15. The normalized spacial score (nSPS) is 15.6. The molecule has 0 saturated heterocycles. The number of ether oxygens (including phenoxy) is 4. The number of benzene rings is 2. The minimum Gasteiger partial charge on any atom is -0.493 e. The van der Waals surface area contributed by atoms with Gasteiger partial charge in [0.25, 0.3) is 11.8 Å². The fourth-order valence-corrected chi connectivity index (χ4v) is 4.60. The van der Waals surface area contributed by atoms with Crippen LogP contribution in [0.3, 0.4) is 0 Å². The molecule has 2 aromatic rings. The summed E-state index contributed by atoms with van der Waals surface area (Å²) in [7, 11) is 4.31. The van der Waals surface area contributed by atoms with E-state index in [4.69, 9.17) is 18.9 Å². The van der Waals surface area contributed by atoms with E-state index < -0.39 is 18.4 Å². The zero-order chi connectivity index (χ0) is 25.1. The van der Waals surface area contributed by atoms with Crippen LogP contribution in [0.15, 0.2) is 30.3 Å². The lowest BCUT2D eigenvalue weighted by atomic mass is 9.94. The van der Waals surface area contributed by atoms with Gasteiger partial charge in [-0.1, -0.05) is 19.3 Å². The number of amides is 2. The fourth-order valence-electron chi connectivity index (χ4n) is 4.60. The van der Waals surface area contributed by atoms with Crippen molar-refractivity contribution in [3.8, 4) is 17.2 Å². The first kappa shape index (κ1) is 24.3. The van der Waals surface area contributed by atoms with Crippen molar-refractivity contribution in [2.75, 3.05) is 27.9 Å². The smallest absolute Gasteiger partial charge is 0.338 e. The molecule has 2 aromatic carbocycles. The van der Waals surface area contributed by atoms with Gasteiger partial charge in [0.1, 0.15) is 0 Å². The lowest BCUT2D eigenvalue weighted by Crippen LogP contribution is -2.40. The molecule has 0 aromatic heterocycles. The van der Waals surface area contributed by atoms with Crippen LogP contribution < -0.4 is 14.2 Å². The third kappa shape index (κ3) is 4.58. The molecule has 4 rings (SSSR count). The van der Waals surface area contributed by atoms with E-state index in [1.165, 1.54) is 56.6 Å². The minimum absolute atomic E-state index is 0.0908. The van der Waals surface area contributed by atoms with E-state index in [0.29, 0.717) is 17.2 Å². The summed E-state index contributed by atoms with van der Waals surface area (Å²) in [6.45, 7) is -0.532. The number of Topliss-reactive ketones (excluding diaryl/α,β-unsaturated/α-hetero) is 1. The Morgan fingerprint density at radius 2 is 1.46 bits per heavy atom. The van der Waals surface area contributed by atoms with Crippen LogP contribution in [-0.2, 0) is 4.74 Å². The Bertz CT molecular complexity index is 1160. The number of hydrogen-bond acceptors (Lipinski definition) is 8. The van der Waals surface area contributed by atoms with E-state index >= 15 is 0 Å². The van der Waals surface area contributed by atoms with E-state index in [1.807, 2.05) is 0 Å². The molecule has 9 heteroatoms. The van der Waals surface area contributed by atoms with Crippen LogP contribution in [0.25, 0.3) is 0 Å². The van der Waals surface area contributed by atoms with Gasteiger partial charge in [0.15, 0.2) is 18.1 Å². The molecule has 184 valence electrons. The van der Waals surface area contributed by atoms with Gasteiger partial charge in [-0.3, -0.25) is 19.3 Å². The first-order valence-corrected chi connectivity index (χ1v) is 11.4. The van der Waals surface area contributed by atoms with Crippen molar-refractivity contribution in [2.24, 2.45) is 0 Å². The average molecular weight is 482 g/mol. The largest absolute Gasteiger partial charge is 0.493 e. The van der Waals surface area contributed by atoms with Crippen molar-refractivity contribution in [1.29, 1.82) is 0 Å². The first-order chi connectivity index (χ1) is 16.9. The number of carbonyl (C=O) groups excluding carboxylic acids is 4. The molecule has 35 heavy (non-hydrogen) atoms. The van der Waals surface area contributed by atoms with Gasteiger partial charge in [-0.25, -0.2) is 4.79 Å². The van der Waals surface area contributed by atoms with Gasteiger partial charge in [0, 0.05) is 11.6 Å². The van der Waals surface area contributed by atoms with Crippen molar-refractivity contribution >= 4 is 23.6 Å². The van der Waals surface area contributed by atoms with Crippen molar-refractivity contribution < 1.29 is 38.1 Å². The molecular formula is C26H27NO8. The van der Waals surface area contributed by atoms with Crippen LogP contribution in [0, 0.1) is 0 Å². The van der Waals surface area contributed by atoms with Gasteiger partial charge < -0.3 is 18.9 Å². The third-order valence-electron chi connectivity index (χ3n) is 6.41. The van der Waals surface area contributed by atoms with E-state index in [-0.39, 0.29) is 40.1 Å². The molecule has 1 saturated carbocycles. The van der Waals surface area contributed by atoms with Crippen LogP contribution in [-0.4, -0.2) is 62.4 Å². The number of esters is 1. The quantitative estimate of drug-likeness (QED) is 0.319. The Hall–Kier alpha value is -3.88. The Balaban J connectivity index is 1.47. The highest BCUT2D eigenvalue weighted by Crippen LogP contribution is 2.38. The predicted octanol–water partition coefficient (Wildman–Crippen LogP) is 3.68. The summed E-state index contributed by atoms with van der Waals surface area (Å²) in [5.74, 6) is -1.03. The van der Waals surface area contributed by atoms with Gasteiger partial charge in [-0.2, -0.15) is 0 Å². The molecule has 0 bridgehead atoms. The fraction of sp³-hybridized carbons (Fsp3) is 0.385. The van der Waals surface area contributed by atoms with Gasteiger partial charge in [0.2, 0.25) is 11.5 Å². The van der Waals surface area contributed by atoms with Crippen LogP contribution in [0.4, 0.5) is 0 Å². The Morgan fingerprint density at radius 3 is 2.06 bits per heavy atom. The lowest BCUT2D eigenvalue weighted by molar-refractivity contribution is 0.0474. The number of nitrogens with zero attached hydrogens (tertiary/aromatic N) is 1. The van der Waals surface area contributed by atoms with Crippen LogP contribution in [0.2, 0.25) is 0 Å². The van der Waals surface area contributed by atoms with Gasteiger partial charge in [-0.05, 0) is 43.2 Å². The summed E-state index contributed by atoms with van der Waals surface area (Å²) in [5, 5.41) is 0. The SMILES string of the molecule is COc1cc(C(=O)COC(=O)c2ccc3c(c2)C(=O)N(C2CCCCC2)C3=O)cc(OC)c1OC. The predicted molar refractivity (Wildman–Crippen MR) is 125 cm³/mol. The number of ketones is 1. The van der Waals surface area contributed by atoms with Crippen LogP contribution >= 0.6 is 0 Å². The molecule has 0 radical (unpaired) electrons. The Kier molecular flexibility index (Phi) is 7.04. The van der Waals surface area contributed by atoms with Crippen LogP contribution in [0.5, 0.6) is 17.2 Å². The van der Waals surface area contributed by atoms with Crippen LogP contribution in [0.1, 0.15) is 73.5 Å². The Labute approximate surface area is 202 Å². The van der Waals surface area contributed by atoms with E-state index in [2.05, 4.69) is 0 Å². The molecular weight excluding hydrogens is 454 g/mol. The maximum Gasteiger partial charge on any atom is 0.338 e. The number of methoxy groups -OCH3 is 3. The minimum atomic E-state index is -0.773. The zero-order valence-corrected chi connectivity index (χ0v) is 19.9. The third-order valence-corrected chi connectivity index (χ3v) is 6.41. The highest BCUT2D eigenvalue weighted by Gasteiger charge is 2.40. The summed E-state index contributed by atoms with van der Waals surface area (Å²) >= 11 is 0. The molecule has 0 unspecified atom stereocenters. The molecule has 1 aliphatic carbocycles. The molecule has 1 heterocycles. The summed E-state index contributed by atoms with van der Waals surface area (Å²) in [4.78, 5) is 52.4. The topological polar surface area (TPSA) is 108 Å². The lowest BCUT2D eigenvalue weighted by Gasteiger charge is -2.29. The van der Waals surface area contributed by atoms with E-state index in [0.717, 1.165) is 32.1 Å². The van der Waals surface area contributed by atoms with Crippen molar-refractivity contribution in [2.45, 2.75) is 38.1 Å². The highest BCUT2D eigenvalue weighted by atomic mass is 16.5. The summed E-state index contributed by atoms with van der Waals surface area (Å²) < 4.78 is 20.9. The molecule has 2 amide bonds. The molecule has 1 fully saturated rings. The maximum absolute atomic E-state index is 13.0. The maximum atomic E-state index is 13.0. The molecule has 9 nitrogen and oxygen atoms in total. The molecule has 1 aliphatic heterocycles. The molecule has 2 aliphatic rings. The first-order valence-electron chi connectivity index (χ1n) is 11.4. The van der Waals surface area contributed by atoms with Gasteiger partial charge in [0.05, 0.1) is 38.0 Å². The van der Waals surface area contributed by atoms with Crippen molar-refractivity contribution in [3.63, 3.8) is 0 Å². The number of carbonyl (C=O) groups is 4. The summed E-state index contributed by atoms with van der Waals surface area (Å²) in [6.07, 6.45) is 4.66. The van der Waals surface area contributed by atoms with Crippen molar-refractivity contribution in [1.82, 2.24) is 4.90 Å². The molecule has 0 atom stereocenters.